The molecule has 1 aromatic heterocycles. The maximum atomic E-state index is 11.9. The number of Topliss-reactive ketones (excluding diaryl/α,β-unsaturated/α-hetero) is 1. The minimum absolute atomic E-state index is 0.0121. The van der Waals surface area contributed by atoms with Gasteiger partial charge in [-0.1, -0.05) is 23.7 Å². The summed E-state index contributed by atoms with van der Waals surface area (Å²) in [5, 5.41) is 1.39. The zero-order chi connectivity index (χ0) is 13.0. The Labute approximate surface area is 111 Å². The molecule has 18 heavy (non-hydrogen) atoms. The van der Waals surface area contributed by atoms with Crippen LogP contribution in [0.25, 0.3) is 11.0 Å². The molecule has 1 heterocycles. The summed E-state index contributed by atoms with van der Waals surface area (Å²) >= 11 is 6.00. The summed E-state index contributed by atoms with van der Waals surface area (Å²) in [6.07, 6.45) is 1.13. The maximum absolute atomic E-state index is 11.9. The molecule has 0 aliphatic carbocycles. The number of fused-ring (bicyclic) bond motifs is 1. The summed E-state index contributed by atoms with van der Waals surface area (Å²) in [5.74, 6) is 0.358. The highest BCUT2D eigenvalue weighted by molar-refractivity contribution is 6.34. The van der Waals surface area contributed by atoms with Crippen molar-refractivity contribution in [3.05, 3.63) is 35.0 Å². The van der Waals surface area contributed by atoms with E-state index in [1.807, 2.05) is 19.1 Å². The minimum Gasteiger partial charge on any atom is -0.451 e. The second-order valence-electron chi connectivity index (χ2n) is 3.99. The zero-order valence-electron chi connectivity index (χ0n) is 10.2. The lowest BCUT2D eigenvalue weighted by molar-refractivity contribution is 0.0923. The number of furan rings is 1. The average Bonchev–Trinajstić information content (AvgIpc) is 2.80. The van der Waals surface area contributed by atoms with E-state index in [4.69, 9.17) is 20.8 Å². The van der Waals surface area contributed by atoms with Crippen LogP contribution >= 0.6 is 11.6 Å². The van der Waals surface area contributed by atoms with Crippen LogP contribution in [-0.4, -0.2) is 19.0 Å². The van der Waals surface area contributed by atoms with Crippen molar-refractivity contribution in [1.29, 1.82) is 0 Å². The van der Waals surface area contributed by atoms with Crippen molar-refractivity contribution in [2.24, 2.45) is 0 Å². The fourth-order valence-electron chi connectivity index (χ4n) is 1.77. The third-order valence-corrected chi connectivity index (χ3v) is 2.97. The molecule has 0 aliphatic rings. The maximum Gasteiger partial charge on any atom is 0.198 e. The average molecular weight is 267 g/mol. The van der Waals surface area contributed by atoms with Gasteiger partial charge in [-0.25, -0.2) is 0 Å². The summed E-state index contributed by atoms with van der Waals surface area (Å²) in [6, 6.07) is 7.20. The number of hydrogen-bond donors (Lipinski definition) is 0. The number of hydrogen-bond acceptors (Lipinski definition) is 3. The molecule has 0 aliphatic heterocycles. The molecule has 1 aromatic carbocycles. The van der Waals surface area contributed by atoms with E-state index in [0.29, 0.717) is 42.4 Å². The molecule has 2 aromatic rings. The molecule has 0 N–H and O–H groups in total. The lowest BCUT2D eigenvalue weighted by Crippen LogP contribution is -2.00. The van der Waals surface area contributed by atoms with Crippen LogP contribution < -0.4 is 0 Å². The smallest absolute Gasteiger partial charge is 0.198 e. The van der Waals surface area contributed by atoms with E-state index in [-0.39, 0.29) is 5.78 Å². The van der Waals surface area contributed by atoms with Gasteiger partial charge in [0.1, 0.15) is 0 Å². The fraction of sp³-hybridized carbons (Fsp3) is 0.357. The lowest BCUT2D eigenvalue weighted by atomic mass is 10.1. The zero-order valence-corrected chi connectivity index (χ0v) is 11.0. The second kappa shape index (κ2) is 6.03. The molecule has 0 unspecified atom stereocenters. The van der Waals surface area contributed by atoms with Crippen molar-refractivity contribution in [3.63, 3.8) is 0 Å². The van der Waals surface area contributed by atoms with Crippen molar-refractivity contribution < 1.29 is 13.9 Å². The van der Waals surface area contributed by atoms with E-state index in [1.54, 1.807) is 12.1 Å². The first kappa shape index (κ1) is 13.1. The fourth-order valence-corrected chi connectivity index (χ4v) is 1.99. The number of benzene rings is 1. The summed E-state index contributed by atoms with van der Waals surface area (Å²) in [7, 11) is 0. The molecule has 0 spiro atoms. The minimum atomic E-state index is -0.0121. The van der Waals surface area contributed by atoms with Gasteiger partial charge in [0, 0.05) is 25.0 Å². The standard InChI is InChI=1S/C14H15ClO3/c1-2-17-8-4-7-12(16)13-9-10-5-3-6-11(15)14(10)18-13/h3,5-6,9H,2,4,7-8H2,1H3. The molecular weight excluding hydrogens is 252 g/mol. The first-order chi connectivity index (χ1) is 8.72. The topological polar surface area (TPSA) is 39.4 Å². The molecule has 0 fully saturated rings. The molecule has 0 radical (unpaired) electrons. The summed E-state index contributed by atoms with van der Waals surface area (Å²) in [6.45, 7) is 3.21. The van der Waals surface area contributed by atoms with Crippen molar-refractivity contribution in [1.82, 2.24) is 0 Å². The van der Waals surface area contributed by atoms with Gasteiger partial charge in [0.05, 0.1) is 5.02 Å². The highest BCUT2D eigenvalue weighted by Crippen LogP contribution is 2.27. The van der Waals surface area contributed by atoms with Crippen molar-refractivity contribution >= 4 is 28.4 Å². The van der Waals surface area contributed by atoms with Crippen LogP contribution in [0.15, 0.2) is 28.7 Å². The number of para-hydroxylation sites is 1. The molecular formula is C14H15ClO3. The van der Waals surface area contributed by atoms with Gasteiger partial charge >= 0.3 is 0 Å². The number of carbonyl (C=O) groups is 1. The van der Waals surface area contributed by atoms with Crippen LogP contribution in [-0.2, 0) is 4.74 Å². The monoisotopic (exact) mass is 266 g/mol. The van der Waals surface area contributed by atoms with Crippen molar-refractivity contribution in [2.45, 2.75) is 19.8 Å². The molecule has 0 atom stereocenters. The Morgan fingerprint density at radius 1 is 1.44 bits per heavy atom. The Balaban J connectivity index is 2.06. The van der Waals surface area contributed by atoms with Gasteiger partial charge in [-0.15, -0.1) is 0 Å². The Kier molecular flexibility index (Phi) is 4.39. The summed E-state index contributed by atoms with van der Waals surface area (Å²) < 4.78 is 10.7. The number of rotatable bonds is 6. The van der Waals surface area contributed by atoms with Gasteiger partial charge in [-0.05, 0) is 25.5 Å². The van der Waals surface area contributed by atoms with Gasteiger partial charge in [-0.3, -0.25) is 4.79 Å². The van der Waals surface area contributed by atoms with Crippen LogP contribution in [0.1, 0.15) is 30.3 Å². The predicted octanol–water partition coefficient (Wildman–Crippen LogP) is 4.09. The SMILES string of the molecule is CCOCCCC(=O)c1cc2cccc(Cl)c2o1. The predicted molar refractivity (Wildman–Crippen MR) is 71.3 cm³/mol. The van der Waals surface area contributed by atoms with E-state index in [1.165, 1.54) is 0 Å². The number of carbonyl (C=O) groups excluding carboxylic acids is 1. The highest BCUT2D eigenvalue weighted by atomic mass is 35.5. The van der Waals surface area contributed by atoms with E-state index in [0.717, 1.165) is 5.39 Å². The molecule has 0 amide bonds. The molecule has 96 valence electrons. The Morgan fingerprint density at radius 2 is 2.28 bits per heavy atom. The number of ether oxygens (including phenoxy) is 1. The first-order valence-corrected chi connectivity index (χ1v) is 6.39. The normalized spacial score (nSPS) is 11.0. The Bertz CT molecular complexity index is 545. The van der Waals surface area contributed by atoms with Gasteiger partial charge < -0.3 is 9.15 Å². The lowest BCUT2D eigenvalue weighted by Gasteiger charge is -1.99. The van der Waals surface area contributed by atoms with Crippen molar-refractivity contribution in [2.75, 3.05) is 13.2 Å². The molecule has 0 saturated heterocycles. The summed E-state index contributed by atoms with van der Waals surface area (Å²) in [5.41, 5.74) is 0.576. The third-order valence-electron chi connectivity index (χ3n) is 2.67. The van der Waals surface area contributed by atoms with Gasteiger partial charge in [0.15, 0.2) is 17.1 Å². The van der Waals surface area contributed by atoms with Gasteiger partial charge in [-0.2, -0.15) is 0 Å². The van der Waals surface area contributed by atoms with Crippen molar-refractivity contribution in [3.8, 4) is 0 Å². The number of ketones is 1. The van der Waals surface area contributed by atoms with Crippen LogP contribution in [0, 0.1) is 0 Å². The molecule has 2 rings (SSSR count). The molecule has 0 bridgehead atoms. The largest absolute Gasteiger partial charge is 0.451 e. The van der Waals surface area contributed by atoms with E-state index >= 15 is 0 Å². The molecule has 3 nitrogen and oxygen atoms in total. The van der Waals surface area contributed by atoms with E-state index in [9.17, 15) is 4.79 Å². The van der Waals surface area contributed by atoms with Gasteiger partial charge in [0.2, 0.25) is 0 Å². The highest BCUT2D eigenvalue weighted by Gasteiger charge is 2.13. The third kappa shape index (κ3) is 2.92. The quantitative estimate of drug-likeness (QED) is 0.584. The van der Waals surface area contributed by atoms with Crippen LogP contribution in [0.5, 0.6) is 0 Å². The Morgan fingerprint density at radius 3 is 3.00 bits per heavy atom. The van der Waals surface area contributed by atoms with E-state index < -0.39 is 0 Å². The molecule has 0 saturated carbocycles. The van der Waals surface area contributed by atoms with E-state index in [2.05, 4.69) is 0 Å². The Hall–Kier alpha value is -1.32. The van der Waals surface area contributed by atoms with Crippen LogP contribution in [0.3, 0.4) is 0 Å². The first-order valence-electron chi connectivity index (χ1n) is 6.01. The van der Waals surface area contributed by atoms with Crippen LogP contribution in [0.4, 0.5) is 0 Å². The number of halogens is 1. The second-order valence-corrected chi connectivity index (χ2v) is 4.40. The van der Waals surface area contributed by atoms with Crippen LogP contribution in [0.2, 0.25) is 5.02 Å². The summed E-state index contributed by atoms with van der Waals surface area (Å²) in [4.78, 5) is 11.9. The van der Waals surface area contributed by atoms with Gasteiger partial charge in [0.25, 0.3) is 0 Å². The molecule has 4 heteroatoms.